The lowest BCUT2D eigenvalue weighted by Gasteiger charge is -2.13. The van der Waals surface area contributed by atoms with Crippen molar-refractivity contribution in [3.8, 4) is 0 Å². The normalized spacial score (nSPS) is 10.2. The highest BCUT2D eigenvalue weighted by Gasteiger charge is 2.05. The molecule has 2 aromatic carbocycles. The molecule has 0 saturated carbocycles. The van der Waals surface area contributed by atoms with E-state index in [1.165, 1.54) is 0 Å². The van der Waals surface area contributed by atoms with E-state index in [-0.39, 0.29) is 5.91 Å². The fraction of sp³-hybridized carbons (Fsp3) is 0.316. The molecule has 23 heavy (non-hydrogen) atoms. The van der Waals surface area contributed by atoms with Crippen LogP contribution in [0.25, 0.3) is 0 Å². The van der Waals surface area contributed by atoms with Gasteiger partial charge >= 0.3 is 0 Å². The van der Waals surface area contributed by atoms with Crippen LogP contribution in [0.2, 0.25) is 0 Å². The molecule has 0 bridgehead atoms. The summed E-state index contributed by atoms with van der Waals surface area (Å²) in [5.41, 5.74) is 4.25. The number of rotatable bonds is 7. The molecule has 0 heterocycles. The van der Waals surface area contributed by atoms with E-state index in [0.29, 0.717) is 13.0 Å². The second kappa shape index (κ2) is 8.22. The third-order valence-corrected chi connectivity index (χ3v) is 3.74. The molecule has 122 valence electrons. The number of para-hydroxylation sites is 1. The monoisotopic (exact) mass is 311 g/mol. The summed E-state index contributed by atoms with van der Waals surface area (Å²) in [5.74, 6) is 0.0308. The molecule has 4 heteroatoms. The molecule has 4 nitrogen and oxygen atoms in total. The Bertz CT molecular complexity index is 635. The van der Waals surface area contributed by atoms with E-state index in [0.717, 1.165) is 29.0 Å². The largest absolute Gasteiger partial charge is 0.385 e. The average molecular weight is 311 g/mol. The van der Waals surface area contributed by atoms with E-state index >= 15 is 0 Å². The van der Waals surface area contributed by atoms with Gasteiger partial charge in [0.1, 0.15) is 0 Å². The number of benzene rings is 2. The molecule has 0 spiro atoms. The molecule has 1 amide bonds. The van der Waals surface area contributed by atoms with E-state index in [1.54, 1.807) is 0 Å². The summed E-state index contributed by atoms with van der Waals surface area (Å²) in [6, 6.07) is 16.1. The lowest BCUT2D eigenvalue weighted by molar-refractivity contribution is -0.115. The minimum atomic E-state index is 0.0308. The van der Waals surface area contributed by atoms with Crippen molar-refractivity contribution in [3.05, 3.63) is 54.1 Å². The summed E-state index contributed by atoms with van der Waals surface area (Å²) in [6.45, 7) is 2.70. The molecule has 0 aromatic heterocycles. The highest BCUT2D eigenvalue weighted by molar-refractivity contribution is 5.91. The predicted octanol–water partition coefficient (Wildman–Crippen LogP) is 3.76. The van der Waals surface area contributed by atoms with Crippen LogP contribution in [0.5, 0.6) is 0 Å². The van der Waals surface area contributed by atoms with Crippen LogP contribution in [0.4, 0.5) is 17.1 Å². The molecule has 2 N–H and O–H groups in total. The first-order chi connectivity index (χ1) is 11.1. The first kappa shape index (κ1) is 16.9. The zero-order valence-electron chi connectivity index (χ0n) is 14.1. The van der Waals surface area contributed by atoms with Gasteiger partial charge < -0.3 is 15.5 Å². The summed E-state index contributed by atoms with van der Waals surface area (Å²) >= 11 is 0. The smallest absolute Gasteiger partial charge is 0.226 e. The molecule has 0 radical (unpaired) electrons. The minimum absolute atomic E-state index is 0.0308. The maximum absolute atomic E-state index is 12.1. The number of hydrogen-bond acceptors (Lipinski definition) is 3. The quantitative estimate of drug-likeness (QED) is 0.818. The molecular formula is C19H25N3O. The molecule has 2 rings (SSSR count). The van der Waals surface area contributed by atoms with Gasteiger partial charge in [-0.25, -0.2) is 0 Å². The second-order valence-corrected chi connectivity index (χ2v) is 5.68. The standard InChI is InChI=1S/C19H25N3O/c1-4-15-7-5-6-8-18(15)21-19(23)13-14-20-16-9-11-17(12-10-16)22(2)3/h5-12,20H,4,13-14H2,1-3H3,(H,21,23). The summed E-state index contributed by atoms with van der Waals surface area (Å²) in [6.07, 6.45) is 1.35. The maximum atomic E-state index is 12.1. The van der Waals surface area contributed by atoms with Crippen molar-refractivity contribution in [2.45, 2.75) is 19.8 Å². The molecule has 0 aliphatic rings. The van der Waals surface area contributed by atoms with Gasteiger partial charge in [-0.3, -0.25) is 4.79 Å². The fourth-order valence-electron chi connectivity index (χ4n) is 2.36. The fourth-order valence-corrected chi connectivity index (χ4v) is 2.36. The van der Waals surface area contributed by atoms with Crippen LogP contribution in [-0.4, -0.2) is 26.5 Å². The van der Waals surface area contributed by atoms with Crippen LogP contribution in [0.3, 0.4) is 0 Å². The Balaban J connectivity index is 1.80. The third kappa shape index (κ3) is 5.02. The zero-order valence-corrected chi connectivity index (χ0v) is 14.1. The minimum Gasteiger partial charge on any atom is -0.385 e. The van der Waals surface area contributed by atoms with Gasteiger partial charge in [0.2, 0.25) is 5.91 Å². The summed E-state index contributed by atoms with van der Waals surface area (Å²) in [4.78, 5) is 14.1. The number of hydrogen-bond donors (Lipinski definition) is 2. The zero-order chi connectivity index (χ0) is 16.7. The van der Waals surface area contributed by atoms with Crippen molar-refractivity contribution in [1.82, 2.24) is 0 Å². The number of carbonyl (C=O) groups is 1. The SMILES string of the molecule is CCc1ccccc1NC(=O)CCNc1ccc(N(C)C)cc1. The summed E-state index contributed by atoms with van der Waals surface area (Å²) in [5, 5.41) is 6.26. The van der Waals surface area contributed by atoms with Crippen molar-refractivity contribution >= 4 is 23.0 Å². The summed E-state index contributed by atoms with van der Waals surface area (Å²) < 4.78 is 0. The topological polar surface area (TPSA) is 44.4 Å². The van der Waals surface area contributed by atoms with Crippen molar-refractivity contribution in [2.24, 2.45) is 0 Å². The molecule has 0 unspecified atom stereocenters. The van der Waals surface area contributed by atoms with E-state index in [1.807, 2.05) is 50.5 Å². The van der Waals surface area contributed by atoms with Crippen LogP contribution >= 0.6 is 0 Å². The first-order valence-corrected chi connectivity index (χ1v) is 7.99. The van der Waals surface area contributed by atoms with Crippen molar-refractivity contribution < 1.29 is 4.79 Å². The Kier molecular flexibility index (Phi) is 6.03. The number of nitrogens with zero attached hydrogens (tertiary/aromatic N) is 1. The molecule has 0 atom stereocenters. The Morgan fingerprint density at radius 2 is 1.74 bits per heavy atom. The lowest BCUT2D eigenvalue weighted by Crippen LogP contribution is -2.17. The van der Waals surface area contributed by atoms with Gasteiger partial charge in [-0.15, -0.1) is 0 Å². The Labute approximate surface area is 138 Å². The highest BCUT2D eigenvalue weighted by atomic mass is 16.1. The van der Waals surface area contributed by atoms with Gasteiger partial charge in [-0.1, -0.05) is 25.1 Å². The van der Waals surface area contributed by atoms with Crippen LogP contribution in [-0.2, 0) is 11.2 Å². The Morgan fingerprint density at radius 3 is 2.39 bits per heavy atom. The molecule has 2 aromatic rings. The van der Waals surface area contributed by atoms with Gasteiger partial charge in [0.15, 0.2) is 0 Å². The number of carbonyl (C=O) groups excluding carboxylic acids is 1. The number of aryl methyl sites for hydroxylation is 1. The maximum Gasteiger partial charge on any atom is 0.226 e. The molecule has 0 aliphatic heterocycles. The molecule has 0 saturated heterocycles. The third-order valence-electron chi connectivity index (χ3n) is 3.74. The van der Waals surface area contributed by atoms with E-state index < -0.39 is 0 Å². The van der Waals surface area contributed by atoms with Crippen LogP contribution < -0.4 is 15.5 Å². The number of nitrogens with one attached hydrogen (secondary N) is 2. The van der Waals surface area contributed by atoms with Crippen molar-refractivity contribution in [1.29, 1.82) is 0 Å². The van der Waals surface area contributed by atoms with E-state index in [4.69, 9.17) is 0 Å². The van der Waals surface area contributed by atoms with Crippen molar-refractivity contribution in [3.63, 3.8) is 0 Å². The van der Waals surface area contributed by atoms with Crippen molar-refractivity contribution in [2.75, 3.05) is 36.2 Å². The Hall–Kier alpha value is -2.49. The Morgan fingerprint density at radius 1 is 1.04 bits per heavy atom. The number of anilines is 3. The molecule has 0 fully saturated rings. The van der Waals surface area contributed by atoms with Crippen LogP contribution in [0, 0.1) is 0 Å². The first-order valence-electron chi connectivity index (χ1n) is 7.99. The van der Waals surface area contributed by atoms with Crippen LogP contribution in [0.1, 0.15) is 18.9 Å². The van der Waals surface area contributed by atoms with Gasteiger partial charge in [-0.2, -0.15) is 0 Å². The predicted molar refractivity (Wildman–Crippen MR) is 98.3 cm³/mol. The summed E-state index contributed by atoms with van der Waals surface area (Å²) in [7, 11) is 4.03. The molecule has 0 aliphatic carbocycles. The van der Waals surface area contributed by atoms with Gasteiger partial charge in [0.05, 0.1) is 0 Å². The number of amides is 1. The van der Waals surface area contributed by atoms with E-state index in [9.17, 15) is 4.79 Å². The van der Waals surface area contributed by atoms with Gasteiger partial charge in [0, 0.05) is 44.1 Å². The lowest BCUT2D eigenvalue weighted by atomic mass is 10.1. The van der Waals surface area contributed by atoms with Crippen LogP contribution in [0.15, 0.2) is 48.5 Å². The second-order valence-electron chi connectivity index (χ2n) is 5.68. The van der Waals surface area contributed by atoms with Gasteiger partial charge in [0.25, 0.3) is 0 Å². The van der Waals surface area contributed by atoms with Gasteiger partial charge in [-0.05, 0) is 42.3 Å². The average Bonchev–Trinajstić information content (AvgIpc) is 2.56. The van der Waals surface area contributed by atoms with E-state index in [2.05, 4.69) is 34.6 Å². The highest BCUT2D eigenvalue weighted by Crippen LogP contribution is 2.17. The molecular weight excluding hydrogens is 286 g/mol.